The van der Waals surface area contributed by atoms with Crippen molar-refractivity contribution in [2.24, 2.45) is 29.1 Å². The van der Waals surface area contributed by atoms with E-state index in [1.807, 2.05) is 0 Å². The molecule has 4 aliphatic carbocycles. The van der Waals surface area contributed by atoms with Gasteiger partial charge in [0.05, 0.1) is 0 Å². The molecule has 1 spiro atoms. The third-order valence-electron chi connectivity index (χ3n) is 5.78. The first-order chi connectivity index (χ1) is 6.58. The summed E-state index contributed by atoms with van der Waals surface area (Å²) in [4.78, 5) is 11.1. The van der Waals surface area contributed by atoms with Crippen molar-refractivity contribution in [1.82, 2.24) is 0 Å². The molecule has 0 aromatic rings. The quantitative estimate of drug-likeness (QED) is 0.594. The highest BCUT2D eigenvalue weighted by Gasteiger charge is 2.85. The zero-order chi connectivity index (χ0) is 9.72. The van der Waals surface area contributed by atoms with E-state index in [1.54, 1.807) is 6.92 Å². The van der Waals surface area contributed by atoms with Gasteiger partial charge >= 0.3 is 5.97 Å². The van der Waals surface area contributed by atoms with E-state index >= 15 is 0 Å². The summed E-state index contributed by atoms with van der Waals surface area (Å²) in [5, 5.41) is 0. The van der Waals surface area contributed by atoms with Gasteiger partial charge in [0.25, 0.3) is 0 Å². The third kappa shape index (κ3) is 0.535. The molecule has 0 radical (unpaired) electrons. The Balaban J connectivity index is 1.65. The summed E-state index contributed by atoms with van der Waals surface area (Å²) >= 11 is 0. The first-order valence-corrected chi connectivity index (χ1v) is 5.77. The summed E-state index contributed by atoms with van der Waals surface area (Å²) in [7, 11) is 0. The lowest BCUT2D eigenvalue weighted by Gasteiger charge is -2.66. The highest BCUT2D eigenvalue weighted by Crippen LogP contribution is 2.88. The van der Waals surface area contributed by atoms with Crippen LogP contribution in [-0.2, 0) is 9.53 Å². The summed E-state index contributed by atoms with van der Waals surface area (Å²) in [6.45, 7) is 3.71. The number of carbonyl (C=O) groups excluding carboxylic acids is 1. The van der Waals surface area contributed by atoms with Gasteiger partial charge in [-0.3, -0.25) is 4.79 Å². The predicted octanol–water partition coefficient (Wildman–Crippen LogP) is 1.98. The lowest BCUT2D eigenvalue weighted by atomic mass is 9.41. The number of ether oxygens (including phenoxy) is 1. The van der Waals surface area contributed by atoms with Gasteiger partial charge < -0.3 is 4.74 Å². The van der Waals surface area contributed by atoms with E-state index in [2.05, 4.69) is 6.92 Å². The molecule has 0 aromatic carbocycles. The average Bonchev–Trinajstić information content (AvgIpc) is 2.71. The molecule has 4 aliphatic rings. The summed E-state index contributed by atoms with van der Waals surface area (Å²) in [6.07, 6.45) is 4.17. The van der Waals surface area contributed by atoms with Crippen molar-refractivity contribution in [2.75, 3.05) is 0 Å². The highest BCUT2D eigenvalue weighted by atomic mass is 16.6. The number of esters is 1. The molecule has 0 bridgehead atoms. The fraction of sp³-hybridized carbons (Fsp3) is 0.917. The van der Waals surface area contributed by atoms with Gasteiger partial charge in [0, 0.05) is 18.8 Å². The Morgan fingerprint density at radius 3 is 2.86 bits per heavy atom. The second kappa shape index (κ2) is 1.77. The van der Waals surface area contributed by atoms with Crippen molar-refractivity contribution in [1.29, 1.82) is 0 Å². The van der Waals surface area contributed by atoms with Crippen molar-refractivity contribution in [3.63, 3.8) is 0 Å². The number of carbonyl (C=O) groups is 1. The molecular weight excluding hydrogens is 176 g/mol. The molecule has 0 aliphatic heterocycles. The molecule has 2 nitrogen and oxygen atoms in total. The van der Waals surface area contributed by atoms with Crippen LogP contribution in [0.5, 0.6) is 0 Å². The number of rotatable bonds is 1. The minimum Gasteiger partial charge on any atom is -0.459 e. The molecule has 0 saturated heterocycles. The molecule has 4 fully saturated rings. The van der Waals surface area contributed by atoms with Gasteiger partial charge in [0.2, 0.25) is 0 Å². The second-order valence-corrected chi connectivity index (χ2v) is 6.09. The molecule has 0 aromatic heterocycles. The Morgan fingerprint density at radius 2 is 2.14 bits per heavy atom. The van der Waals surface area contributed by atoms with E-state index in [1.165, 1.54) is 19.3 Å². The van der Waals surface area contributed by atoms with Gasteiger partial charge in [-0.25, -0.2) is 0 Å². The van der Waals surface area contributed by atoms with E-state index in [4.69, 9.17) is 4.74 Å². The van der Waals surface area contributed by atoms with Crippen LogP contribution < -0.4 is 0 Å². The van der Waals surface area contributed by atoms with Crippen LogP contribution in [0.2, 0.25) is 0 Å². The molecule has 0 N–H and O–H groups in total. The molecule has 2 heteroatoms. The maximum atomic E-state index is 11.1. The average molecular weight is 192 g/mol. The third-order valence-corrected chi connectivity index (χ3v) is 5.78. The van der Waals surface area contributed by atoms with Crippen LogP contribution in [0.15, 0.2) is 0 Å². The van der Waals surface area contributed by atoms with Crippen LogP contribution in [0.3, 0.4) is 0 Å². The van der Waals surface area contributed by atoms with Gasteiger partial charge in [0.15, 0.2) is 0 Å². The van der Waals surface area contributed by atoms with Crippen molar-refractivity contribution >= 4 is 5.97 Å². The molecule has 76 valence electrons. The second-order valence-electron chi connectivity index (χ2n) is 6.09. The normalized spacial score (nSPS) is 65.9. The van der Waals surface area contributed by atoms with E-state index in [9.17, 15) is 4.79 Å². The summed E-state index contributed by atoms with van der Waals surface area (Å²) in [6, 6.07) is 0. The zero-order valence-electron chi connectivity index (χ0n) is 8.75. The summed E-state index contributed by atoms with van der Waals surface area (Å²) in [5.41, 5.74) is 0.699. The molecule has 4 saturated carbocycles. The van der Waals surface area contributed by atoms with Crippen LogP contribution in [0.25, 0.3) is 0 Å². The fourth-order valence-corrected chi connectivity index (χ4v) is 5.19. The minimum atomic E-state index is -0.0903. The minimum absolute atomic E-state index is 0.0742. The fourth-order valence-electron chi connectivity index (χ4n) is 5.19. The topological polar surface area (TPSA) is 26.3 Å². The lowest BCUT2D eigenvalue weighted by Crippen LogP contribution is -2.69. The predicted molar refractivity (Wildman–Crippen MR) is 50.4 cm³/mol. The first kappa shape index (κ1) is 7.72. The molecule has 4 rings (SSSR count). The Bertz CT molecular complexity index is 350. The Morgan fingerprint density at radius 1 is 1.36 bits per heavy atom. The molecule has 0 amide bonds. The van der Waals surface area contributed by atoms with Crippen molar-refractivity contribution < 1.29 is 9.53 Å². The van der Waals surface area contributed by atoms with Crippen LogP contribution in [0.1, 0.15) is 33.1 Å². The zero-order valence-corrected chi connectivity index (χ0v) is 8.75. The van der Waals surface area contributed by atoms with Crippen LogP contribution >= 0.6 is 0 Å². The van der Waals surface area contributed by atoms with Gasteiger partial charge in [-0.05, 0) is 43.4 Å². The summed E-state index contributed by atoms with van der Waals surface area (Å²) < 4.78 is 5.56. The molecular formula is C12H16O2. The largest absolute Gasteiger partial charge is 0.459 e. The smallest absolute Gasteiger partial charge is 0.303 e. The number of hydrogen-bond acceptors (Lipinski definition) is 2. The van der Waals surface area contributed by atoms with Crippen molar-refractivity contribution in [3.8, 4) is 0 Å². The van der Waals surface area contributed by atoms with E-state index in [-0.39, 0.29) is 11.6 Å². The van der Waals surface area contributed by atoms with Gasteiger partial charge in [-0.1, -0.05) is 0 Å². The molecule has 14 heavy (non-hydrogen) atoms. The molecule has 0 heterocycles. The molecule has 6 atom stereocenters. The number of hydrogen-bond donors (Lipinski definition) is 0. The molecule has 6 unspecified atom stereocenters. The van der Waals surface area contributed by atoms with Gasteiger partial charge in [0.1, 0.15) is 5.60 Å². The van der Waals surface area contributed by atoms with Gasteiger partial charge in [-0.2, -0.15) is 0 Å². The van der Waals surface area contributed by atoms with Crippen LogP contribution in [-0.4, -0.2) is 11.6 Å². The first-order valence-electron chi connectivity index (χ1n) is 5.77. The Labute approximate surface area is 84.0 Å². The Hall–Kier alpha value is -0.530. The summed E-state index contributed by atoms with van der Waals surface area (Å²) in [5.74, 6) is 3.28. The van der Waals surface area contributed by atoms with E-state index in [0.717, 1.165) is 17.3 Å². The van der Waals surface area contributed by atoms with E-state index < -0.39 is 0 Å². The SMILES string of the molecule is CC(=O)OC1(C)C2CC3CC34CC1C24. The maximum Gasteiger partial charge on any atom is 0.303 e. The standard InChI is InChI=1S/C12H16O2/c1-6(13)14-11(2)8-3-7-4-12(7)5-9(11)10(8)12/h7-10H,3-5H2,1-2H3. The van der Waals surface area contributed by atoms with E-state index in [0.29, 0.717) is 11.8 Å². The Kier molecular flexibility index (Phi) is 0.975. The monoisotopic (exact) mass is 192 g/mol. The van der Waals surface area contributed by atoms with Crippen molar-refractivity contribution in [3.05, 3.63) is 0 Å². The highest BCUT2D eigenvalue weighted by molar-refractivity contribution is 5.67. The van der Waals surface area contributed by atoms with Crippen LogP contribution in [0, 0.1) is 29.1 Å². The lowest BCUT2D eigenvalue weighted by molar-refractivity contribution is -0.264. The van der Waals surface area contributed by atoms with Crippen LogP contribution in [0.4, 0.5) is 0 Å². The van der Waals surface area contributed by atoms with Gasteiger partial charge in [-0.15, -0.1) is 0 Å². The maximum absolute atomic E-state index is 11.1. The van der Waals surface area contributed by atoms with Crippen molar-refractivity contribution in [2.45, 2.75) is 38.7 Å².